The average Bonchev–Trinajstić information content (AvgIpc) is 2.92. The zero-order valence-electron chi connectivity index (χ0n) is 11.3. The van der Waals surface area contributed by atoms with E-state index in [9.17, 15) is 14.4 Å². The lowest BCUT2D eigenvalue weighted by Gasteiger charge is -2.13. The Morgan fingerprint density at radius 3 is 2.80 bits per heavy atom. The van der Waals surface area contributed by atoms with Crippen LogP contribution in [0.4, 0.5) is 5.00 Å². The molecule has 1 aromatic rings. The van der Waals surface area contributed by atoms with E-state index < -0.39 is 11.9 Å². The van der Waals surface area contributed by atoms with Gasteiger partial charge in [-0.1, -0.05) is 0 Å². The topological polar surface area (TPSA) is 86.7 Å². The monoisotopic (exact) mass is 296 g/mol. The van der Waals surface area contributed by atoms with E-state index in [2.05, 4.69) is 5.32 Å². The molecule has 0 aromatic carbocycles. The molecule has 2 heterocycles. The fraction of sp³-hybridized carbons (Fsp3) is 0.462. The van der Waals surface area contributed by atoms with Crippen molar-refractivity contribution in [3.8, 4) is 0 Å². The second-order valence-corrected chi connectivity index (χ2v) is 5.98. The van der Waals surface area contributed by atoms with Crippen LogP contribution in [0.25, 0.3) is 0 Å². The highest BCUT2D eigenvalue weighted by atomic mass is 32.1. The minimum absolute atomic E-state index is 0.0338. The molecule has 0 radical (unpaired) electrons. The lowest BCUT2D eigenvalue weighted by molar-refractivity contribution is -0.128. The minimum atomic E-state index is -1.07. The van der Waals surface area contributed by atoms with E-state index in [1.165, 1.54) is 17.4 Å². The minimum Gasteiger partial charge on any atom is -0.478 e. The Labute approximate surface area is 120 Å². The maximum absolute atomic E-state index is 12.1. The Kier molecular flexibility index (Phi) is 4.08. The number of carboxylic acid groups (broad SMARTS) is 1. The Bertz CT molecular complexity index is 567. The number of carboxylic acids is 1. The van der Waals surface area contributed by atoms with Crippen molar-refractivity contribution in [2.75, 3.05) is 18.4 Å². The van der Waals surface area contributed by atoms with Crippen LogP contribution in [0.15, 0.2) is 6.07 Å². The molecule has 0 aliphatic carbocycles. The quantitative estimate of drug-likeness (QED) is 0.882. The highest BCUT2D eigenvalue weighted by Gasteiger charge is 2.34. The summed E-state index contributed by atoms with van der Waals surface area (Å²) in [6, 6.07) is 1.53. The Hall–Kier alpha value is -1.89. The zero-order valence-corrected chi connectivity index (χ0v) is 12.1. The van der Waals surface area contributed by atoms with Crippen LogP contribution in [-0.4, -0.2) is 40.9 Å². The summed E-state index contributed by atoms with van der Waals surface area (Å²) in [6.07, 6.45) is 0.187. The van der Waals surface area contributed by atoms with Crippen LogP contribution in [0.3, 0.4) is 0 Å². The number of hydrogen-bond donors (Lipinski definition) is 2. The van der Waals surface area contributed by atoms with Crippen LogP contribution in [0.1, 0.15) is 28.6 Å². The van der Waals surface area contributed by atoms with Crippen molar-refractivity contribution in [2.45, 2.75) is 20.3 Å². The van der Waals surface area contributed by atoms with Crippen molar-refractivity contribution >= 4 is 34.1 Å². The van der Waals surface area contributed by atoms with E-state index in [0.717, 1.165) is 4.88 Å². The van der Waals surface area contributed by atoms with E-state index in [1.807, 2.05) is 6.92 Å². The number of nitrogens with zero attached hydrogens (tertiary/aromatic N) is 1. The second-order valence-electron chi connectivity index (χ2n) is 4.73. The number of nitrogens with one attached hydrogen (secondary N) is 1. The molecule has 1 aliphatic heterocycles. The van der Waals surface area contributed by atoms with Crippen molar-refractivity contribution < 1.29 is 19.5 Å². The van der Waals surface area contributed by atoms with E-state index in [1.54, 1.807) is 11.8 Å². The first-order valence-electron chi connectivity index (χ1n) is 6.34. The third-order valence-corrected chi connectivity index (χ3v) is 4.26. The smallest absolute Gasteiger partial charge is 0.338 e. The molecule has 1 saturated heterocycles. The summed E-state index contributed by atoms with van der Waals surface area (Å²) in [5.41, 5.74) is 0.0949. The van der Waals surface area contributed by atoms with Gasteiger partial charge in [0.2, 0.25) is 11.8 Å². The maximum Gasteiger partial charge on any atom is 0.338 e. The predicted octanol–water partition coefficient (Wildman–Crippen LogP) is 1.56. The summed E-state index contributed by atoms with van der Waals surface area (Å²) in [6.45, 7) is 4.63. The van der Waals surface area contributed by atoms with Gasteiger partial charge < -0.3 is 15.3 Å². The molecule has 1 aliphatic rings. The average molecular weight is 296 g/mol. The van der Waals surface area contributed by atoms with Gasteiger partial charge in [0.05, 0.1) is 11.5 Å². The summed E-state index contributed by atoms with van der Waals surface area (Å²) in [5, 5.41) is 12.0. The molecule has 1 aromatic heterocycles. The normalized spacial score (nSPS) is 18.4. The van der Waals surface area contributed by atoms with Gasteiger partial charge in [-0.3, -0.25) is 9.59 Å². The Balaban J connectivity index is 2.09. The van der Waals surface area contributed by atoms with Gasteiger partial charge in [0, 0.05) is 24.4 Å². The number of carbonyl (C=O) groups excluding carboxylic acids is 2. The standard InChI is InChI=1S/C13H16N2O4S/c1-3-15-6-8(5-10(15)16)11(17)14-12-9(13(18)19)4-7(2)20-12/h4,8H,3,5-6H2,1-2H3,(H,14,17)(H,18,19). The molecular weight excluding hydrogens is 280 g/mol. The van der Waals surface area contributed by atoms with Crippen LogP contribution < -0.4 is 5.32 Å². The Morgan fingerprint density at radius 1 is 1.55 bits per heavy atom. The second kappa shape index (κ2) is 5.62. The molecule has 0 saturated carbocycles. The number of thiophene rings is 1. The van der Waals surface area contributed by atoms with Crippen molar-refractivity contribution in [1.29, 1.82) is 0 Å². The lowest BCUT2D eigenvalue weighted by atomic mass is 10.1. The molecule has 0 spiro atoms. The van der Waals surface area contributed by atoms with Crippen LogP contribution in [0.5, 0.6) is 0 Å². The SMILES string of the molecule is CCN1CC(C(=O)Nc2sc(C)cc2C(=O)O)CC1=O. The molecule has 2 amide bonds. The number of hydrogen-bond acceptors (Lipinski definition) is 4. The molecular formula is C13H16N2O4S. The van der Waals surface area contributed by atoms with Gasteiger partial charge >= 0.3 is 5.97 Å². The van der Waals surface area contributed by atoms with Gasteiger partial charge in [0.1, 0.15) is 5.00 Å². The molecule has 0 bridgehead atoms. The molecule has 1 unspecified atom stereocenters. The number of aromatic carboxylic acids is 1. The molecule has 20 heavy (non-hydrogen) atoms. The van der Waals surface area contributed by atoms with Gasteiger partial charge in [-0.2, -0.15) is 0 Å². The van der Waals surface area contributed by atoms with E-state index in [-0.39, 0.29) is 23.8 Å². The fourth-order valence-corrected chi connectivity index (χ4v) is 3.14. The lowest BCUT2D eigenvalue weighted by Crippen LogP contribution is -2.28. The van der Waals surface area contributed by atoms with Crippen LogP contribution in [-0.2, 0) is 9.59 Å². The summed E-state index contributed by atoms with van der Waals surface area (Å²) in [5.74, 6) is -1.80. The first-order valence-corrected chi connectivity index (χ1v) is 7.16. The third-order valence-electron chi connectivity index (χ3n) is 3.29. The zero-order chi connectivity index (χ0) is 14.9. The summed E-state index contributed by atoms with van der Waals surface area (Å²) >= 11 is 1.23. The molecule has 1 atom stereocenters. The van der Waals surface area contributed by atoms with Crippen molar-refractivity contribution in [2.24, 2.45) is 5.92 Å². The first kappa shape index (κ1) is 14.5. The van der Waals surface area contributed by atoms with Crippen LogP contribution >= 0.6 is 11.3 Å². The fourth-order valence-electron chi connectivity index (χ4n) is 2.23. The predicted molar refractivity (Wildman–Crippen MR) is 75.0 cm³/mol. The number of amides is 2. The van der Waals surface area contributed by atoms with Gasteiger partial charge in [-0.05, 0) is 19.9 Å². The van der Waals surface area contributed by atoms with E-state index in [4.69, 9.17) is 5.11 Å². The van der Waals surface area contributed by atoms with Gasteiger partial charge in [-0.25, -0.2) is 4.79 Å². The van der Waals surface area contributed by atoms with Crippen molar-refractivity contribution in [3.05, 3.63) is 16.5 Å². The van der Waals surface area contributed by atoms with Crippen LogP contribution in [0, 0.1) is 12.8 Å². The van der Waals surface area contributed by atoms with Crippen molar-refractivity contribution in [1.82, 2.24) is 4.90 Å². The first-order chi connectivity index (χ1) is 9.42. The maximum atomic E-state index is 12.1. The van der Waals surface area contributed by atoms with E-state index in [0.29, 0.717) is 18.1 Å². The number of rotatable bonds is 4. The summed E-state index contributed by atoms with van der Waals surface area (Å²) < 4.78 is 0. The highest BCUT2D eigenvalue weighted by Crippen LogP contribution is 2.29. The molecule has 2 rings (SSSR count). The van der Waals surface area contributed by atoms with Gasteiger partial charge in [-0.15, -0.1) is 11.3 Å². The highest BCUT2D eigenvalue weighted by molar-refractivity contribution is 7.16. The number of carbonyl (C=O) groups is 3. The van der Waals surface area contributed by atoms with Crippen LogP contribution in [0.2, 0.25) is 0 Å². The Morgan fingerprint density at radius 2 is 2.25 bits per heavy atom. The van der Waals surface area contributed by atoms with Crippen molar-refractivity contribution in [3.63, 3.8) is 0 Å². The van der Waals surface area contributed by atoms with Gasteiger partial charge in [0.25, 0.3) is 0 Å². The number of aryl methyl sites for hydroxylation is 1. The third kappa shape index (κ3) is 2.82. The molecule has 7 heteroatoms. The molecule has 108 valence electrons. The molecule has 2 N–H and O–H groups in total. The number of anilines is 1. The molecule has 6 nitrogen and oxygen atoms in total. The molecule has 1 fully saturated rings. The largest absolute Gasteiger partial charge is 0.478 e. The van der Waals surface area contributed by atoms with E-state index >= 15 is 0 Å². The summed E-state index contributed by atoms with van der Waals surface area (Å²) in [4.78, 5) is 37.3. The number of likely N-dealkylation sites (tertiary alicyclic amines) is 1. The van der Waals surface area contributed by atoms with Gasteiger partial charge in [0.15, 0.2) is 0 Å². The summed E-state index contributed by atoms with van der Waals surface area (Å²) in [7, 11) is 0.